The lowest BCUT2D eigenvalue weighted by Crippen LogP contribution is -2.06. The number of allylic oxidation sites excluding steroid dienone is 2. The summed E-state index contributed by atoms with van der Waals surface area (Å²) in [5, 5.41) is 3.11. The molecule has 0 aliphatic heterocycles. The summed E-state index contributed by atoms with van der Waals surface area (Å²) in [6, 6.07) is 0. The number of unbranched alkanes of at least 4 members (excludes halogenated alkanes) is 1. The fourth-order valence-corrected chi connectivity index (χ4v) is 0.670. The van der Waals surface area contributed by atoms with E-state index in [1.54, 1.807) is 0 Å². The molecule has 54 valence electrons. The predicted molar refractivity (Wildman–Crippen MR) is 42.6 cm³/mol. The maximum absolute atomic E-state index is 3.11. The van der Waals surface area contributed by atoms with Crippen LogP contribution in [0.25, 0.3) is 0 Å². The van der Waals surface area contributed by atoms with Crippen LogP contribution >= 0.6 is 0 Å². The molecular weight excluding hydrogens is 110 g/mol. The van der Waals surface area contributed by atoms with Crippen LogP contribution in [0.3, 0.4) is 0 Å². The lowest BCUT2D eigenvalue weighted by molar-refractivity contribution is 0.733. The van der Waals surface area contributed by atoms with Crippen LogP contribution in [-0.4, -0.2) is 13.6 Å². The van der Waals surface area contributed by atoms with Gasteiger partial charge in [0.2, 0.25) is 0 Å². The number of rotatable bonds is 4. The van der Waals surface area contributed by atoms with Crippen LogP contribution in [0.1, 0.15) is 26.7 Å². The van der Waals surface area contributed by atoms with Crippen LogP contribution in [0, 0.1) is 0 Å². The summed E-state index contributed by atoms with van der Waals surface area (Å²) in [4.78, 5) is 0. The molecule has 0 rings (SSSR count). The topological polar surface area (TPSA) is 12.0 Å². The van der Waals surface area contributed by atoms with Gasteiger partial charge in [0.15, 0.2) is 0 Å². The molecule has 0 unspecified atom stereocenters. The van der Waals surface area contributed by atoms with Crippen molar-refractivity contribution in [1.82, 2.24) is 5.32 Å². The van der Waals surface area contributed by atoms with Crippen molar-refractivity contribution in [2.24, 2.45) is 0 Å². The monoisotopic (exact) mass is 127 g/mol. The highest BCUT2D eigenvalue weighted by Gasteiger charge is 1.80. The predicted octanol–water partition coefficient (Wildman–Crippen LogP) is 1.95. The summed E-state index contributed by atoms with van der Waals surface area (Å²) in [6.07, 6.45) is 4.74. The Balaban J connectivity index is 3.00. The lowest BCUT2D eigenvalue weighted by atomic mass is 10.2. The molecule has 0 aromatic carbocycles. The van der Waals surface area contributed by atoms with E-state index in [2.05, 4.69) is 25.2 Å². The number of nitrogens with one attached hydrogen (secondary N) is 1. The largest absolute Gasteiger partial charge is 0.320 e. The van der Waals surface area contributed by atoms with E-state index in [0.717, 1.165) is 6.54 Å². The normalized spacial score (nSPS) is 9.22. The first kappa shape index (κ1) is 8.70. The van der Waals surface area contributed by atoms with Crippen LogP contribution < -0.4 is 5.32 Å². The first-order valence-corrected chi connectivity index (χ1v) is 3.55. The van der Waals surface area contributed by atoms with Gasteiger partial charge in [0.05, 0.1) is 0 Å². The fourth-order valence-electron chi connectivity index (χ4n) is 0.670. The molecule has 0 radical (unpaired) electrons. The second kappa shape index (κ2) is 5.83. The van der Waals surface area contributed by atoms with Gasteiger partial charge in [-0.3, -0.25) is 0 Å². The molecule has 0 aromatic heterocycles. The minimum atomic E-state index is 1.13. The van der Waals surface area contributed by atoms with Crippen LogP contribution in [0.2, 0.25) is 0 Å². The van der Waals surface area contributed by atoms with Crippen molar-refractivity contribution < 1.29 is 0 Å². The Labute approximate surface area is 58.2 Å². The van der Waals surface area contributed by atoms with Gasteiger partial charge in [-0.1, -0.05) is 11.6 Å². The van der Waals surface area contributed by atoms with Crippen molar-refractivity contribution in [3.05, 3.63) is 11.6 Å². The molecule has 0 atom stereocenters. The molecule has 0 aliphatic rings. The highest BCUT2D eigenvalue weighted by Crippen LogP contribution is 1.94. The maximum Gasteiger partial charge on any atom is -0.00490 e. The molecule has 0 aliphatic carbocycles. The Bertz CT molecular complexity index is 80.6. The van der Waals surface area contributed by atoms with Crippen molar-refractivity contribution in [2.75, 3.05) is 13.6 Å². The third-order valence-electron chi connectivity index (χ3n) is 1.18. The maximum atomic E-state index is 3.11. The van der Waals surface area contributed by atoms with Crippen molar-refractivity contribution in [2.45, 2.75) is 26.7 Å². The zero-order valence-electron chi connectivity index (χ0n) is 6.70. The van der Waals surface area contributed by atoms with Crippen LogP contribution in [0.15, 0.2) is 11.6 Å². The van der Waals surface area contributed by atoms with Gasteiger partial charge in [-0.15, -0.1) is 0 Å². The van der Waals surface area contributed by atoms with Crippen molar-refractivity contribution in [3.63, 3.8) is 0 Å². The third-order valence-corrected chi connectivity index (χ3v) is 1.18. The van der Waals surface area contributed by atoms with Gasteiger partial charge in [-0.05, 0) is 40.3 Å². The Morgan fingerprint density at radius 1 is 1.44 bits per heavy atom. The summed E-state index contributed by atoms with van der Waals surface area (Å²) in [5.74, 6) is 0. The van der Waals surface area contributed by atoms with Gasteiger partial charge in [0.25, 0.3) is 0 Å². The average Bonchev–Trinajstić information content (AvgIpc) is 1.80. The second-order valence-electron chi connectivity index (χ2n) is 2.53. The lowest BCUT2D eigenvalue weighted by Gasteiger charge is -1.94. The van der Waals surface area contributed by atoms with Gasteiger partial charge in [-0.25, -0.2) is 0 Å². The van der Waals surface area contributed by atoms with Crippen LogP contribution in [0.5, 0.6) is 0 Å². The molecule has 0 amide bonds. The highest BCUT2D eigenvalue weighted by atomic mass is 14.8. The number of hydrogen-bond donors (Lipinski definition) is 1. The molecular formula is C8H17N. The Hall–Kier alpha value is -0.300. The molecule has 0 saturated heterocycles. The first-order chi connectivity index (χ1) is 4.27. The van der Waals surface area contributed by atoms with Crippen molar-refractivity contribution in [1.29, 1.82) is 0 Å². The van der Waals surface area contributed by atoms with Gasteiger partial charge >= 0.3 is 0 Å². The number of hydrogen-bond acceptors (Lipinski definition) is 1. The van der Waals surface area contributed by atoms with Crippen molar-refractivity contribution in [3.8, 4) is 0 Å². The van der Waals surface area contributed by atoms with E-state index in [-0.39, 0.29) is 0 Å². The molecule has 0 saturated carbocycles. The summed E-state index contributed by atoms with van der Waals surface area (Å²) in [5.41, 5.74) is 1.42. The van der Waals surface area contributed by atoms with E-state index in [0.29, 0.717) is 0 Å². The van der Waals surface area contributed by atoms with Gasteiger partial charge < -0.3 is 5.32 Å². The van der Waals surface area contributed by atoms with Crippen LogP contribution in [-0.2, 0) is 0 Å². The Morgan fingerprint density at radius 3 is 2.56 bits per heavy atom. The van der Waals surface area contributed by atoms with Crippen LogP contribution in [0.4, 0.5) is 0 Å². The first-order valence-electron chi connectivity index (χ1n) is 3.55. The smallest absolute Gasteiger partial charge is 0.00490 e. The second-order valence-corrected chi connectivity index (χ2v) is 2.53. The Kier molecular flexibility index (Phi) is 5.64. The van der Waals surface area contributed by atoms with Gasteiger partial charge in [0, 0.05) is 0 Å². The van der Waals surface area contributed by atoms with Crippen molar-refractivity contribution >= 4 is 0 Å². The molecule has 0 aromatic rings. The van der Waals surface area contributed by atoms with E-state index in [4.69, 9.17) is 0 Å². The SMILES string of the molecule is CNCCCC=C(C)C. The van der Waals surface area contributed by atoms with Gasteiger partial charge in [0.1, 0.15) is 0 Å². The summed E-state index contributed by atoms with van der Waals surface area (Å²) >= 11 is 0. The zero-order valence-corrected chi connectivity index (χ0v) is 6.70. The third kappa shape index (κ3) is 7.70. The molecule has 1 heteroatoms. The quantitative estimate of drug-likeness (QED) is 0.449. The zero-order chi connectivity index (χ0) is 7.11. The molecule has 1 nitrogen and oxygen atoms in total. The van der Waals surface area contributed by atoms with E-state index < -0.39 is 0 Å². The molecule has 0 heterocycles. The molecule has 0 spiro atoms. The minimum Gasteiger partial charge on any atom is -0.320 e. The van der Waals surface area contributed by atoms with E-state index in [1.165, 1.54) is 18.4 Å². The molecule has 1 N–H and O–H groups in total. The standard InChI is InChI=1S/C8H17N/c1-8(2)6-4-5-7-9-3/h6,9H,4-5,7H2,1-3H3. The molecule has 0 fully saturated rings. The van der Waals surface area contributed by atoms with E-state index in [1.807, 2.05) is 7.05 Å². The summed E-state index contributed by atoms with van der Waals surface area (Å²) in [7, 11) is 1.99. The van der Waals surface area contributed by atoms with E-state index >= 15 is 0 Å². The summed E-state index contributed by atoms with van der Waals surface area (Å²) < 4.78 is 0. The Morgan fingerprint density at radius 2 is 2.11 bits per heavy atom. The molecule has 9 heavy (non-hydrogen) atoms. The van der Waals surface area contributed by atoms with Gasteiger partial charge in [-0.2, -0.15) is 0 Å². The average molecular weight is 127 g/mol. The highest BCUT2D eigenvalue weighted by molar-refractivity contribution is 4.92. The fraction of sp³-hybridized carbons (Fsp3) is 0.750. The molecule has 0 bridgehead atoms. The van der Waals surface area contributed by atoms with E-state index in [9.17, 15) is 0 Å². The summed E-state index contributed by atoms with van der Waals surface area (Å²) in [6.45, 7) is 5.41. The minimum absolute atomic E-state index is 1.13.